The first-order valence-corrected chi connectivity index (χ1v) is 7.02. The van der Waals surface area contributed by atoms with Crippen molar-refractivity contribution < 1.29 is 15.0 Å². The van der Waals surface area contributed by atoms with Crippen molar-refractivity contribution in [3.63, 3.8) is 0 Å². The van der Waals surface area contributed by atoms with Crippen LogP contribution in [0.4, 0.5) is 0 Å². The number of carboxylic acids is 1. The zero-order valence-corrected chi connectivity index (χ0v) is 11.0. The van der Waals surface area contributed by atoms with E-state index >= 15 is 0 Å². The predicted molar refractivity (Wildman–Crippen MR) is 68.1 cm³/mol. The second-order valence-electron chi connectivity index (χ2n) is 7.08. The predicted octanol–water partition coefficient (Wildman–Crippen LogP) is 2.74. The summed E-state index contributed by atoms with van der Waals surface area (Å²) in [6.07, 6.45) is 9.21. The molecule has 0 spiro atoms. The van der Waals surface area contributed by atoms with Gasteiger partial charge >= 0.3 is 5.97 Å². The molecule has 3 heteroatoms. The van der Waals surface area contributed by atoms with Gasteiger partial charge in [-0.1, -0.05) is 6.08 Å². The highest BCUT2D eigenvalue weighted by molar-refractivity contribution is 5.85. The smallest absolute Gasteiger partial charge is 0.330 e. The van der Waals surface area contributed by atoms with E-state index in [9.17, 15) is 9.90 Å². The van der Waals surface area contributed by atoms with Crippen LogP contribution < -0.4 is 0 Å². The van der Waals surface area contributed by atoms with Crippen molar-refractivity contribution in [2.45, 2.75) is 57.5 Å². The molecule has 0 aliphatic heterocycles. The second kappa shape index (κ2) is 3.83. The molecule has 4 bridgehead atoms. The molecule has 0 saturated heterocycles. The number of aliphatic carboxylic acids is 1. The zero-order chi connectivity index (χ0) is 13.0. The number of aliphatic hydroxyl groups is 1. The van der Waals surface area contributed by atoms with Gasteiger partial charge in [-0.15, -0.1) is 0 Å². The van der Waals surface area contributed by atoms with E-state index in [0.29, 0.717) is 17.4 Å². The Bertz CT molecular complexity index is 396. The van der Waals surface area contributed by atoms with E-state index < -0.39 is 11.6 Å². The summed E-state index contributed by atoms with van der Waals surface area (Å²) in [4.78, 5) is 10.9. The van der Waals surface area contributed by atoms with Crippen LogP contribution in [-0.4, -0.2) is 21.8 Å². The van der Waals surface area contributed by atoms with Crippen LogP contribution in [0, 0.1) is 17.3 Å². The first kappa shape index (κ1) is 12.2. The van der Waals surface area contributed by atoms with Crippen LogP contribution in [0.1, 0.15) is 51.9 Å². The van der Waals surface area contributed by atoms with Gasteiger partial charge in [-0.05, 0) is 69.1 Å². The van der Waals surface area contributed by atoms with Gasteiger partial charge in [-0.2, -0.15) is 0 Å². The molecular weight excluding hydrogens is 228 g/mol. The van der Waals surface area contributed by atoms with Crippen molar-refractivity contribution in [2.24, 2.45) is 17.3 Å². The summed E-state index contributed by atoms with van der Waals surface area (Å²) in [5.74, 6) is 0.531. The number of carbonyl (C=O) groups is 1. The number of allylic oxidation sites excluding steroid dienone is 1. The largest absolute Gasteiger partial charge is 0.478 e. The fourth-order valence-electron chi connectivity index (χ4n) is 5.10. The Balaban J connectivity index is 1.79. The Kier molecular flexibility index (Phi) is 2.60. The van der Waals surface area contributed by atoms with Gasteiger partial charge in [0.2, 0.25) is 0 Å². The summed E-state index contributed by atoms with van der Waals surface area (Å²) in [5.41, 5.74) is 0.197. The average Bonchev–Trinajstić information content (AvgIpc) is 2.22. The fourth-order valence-corrected chi connectivity index (χ4v) is 5.10. The Morgan fingerprint density at radius 1 is 1.28 bits per heavy atom. The molecule has 0 heterocycles. The molecule has 2 unspecified atom stereocenters. The molecule has 18 heavy (non-hydrogen) atoms. The quantitative estimate of drug-likeness (QED) is 0.757. The topological polar surface area (TPSA) is 57.5 Å². The lowest BCUT2D eigenvalue weighted by molar-refractivity contribution is -0.162. The van der Waals surface area contributed by atoms with Crippen LogP contribution in [0.3, 0.4) is 0 Å². The van der Waals surface area contributed by atoms with Crippen molar-refractivity contribution in [3.05, 3.63) is 11.6 Å². The number of hydrogen-bond donors (Lipinski definition) is 2. The minimum Gasteiger partial charge on any atom is -0.478 e. The van der Waals surface area contributed by atoms with Crippen molar-refractivity contribution in [1.82, 2.24) is 0 Å². The molecule has 0 aromatic heterocycles. The van der Waals surface area contributed by atoms with Crippen molar-refractivity contribution in [1.29, 1.82) is 0 Å². The van der Waals surface area contributed by atoms with Crippen LogP contribution in [-0.2, 0) is 4.79 Å². The maximum atomic E-state index is 10.9. The van der Waals surface area contributed by atoms with E-state index in [0.717, 1.165) is 25.7 Å². The minimum atomic E-state index is -0.821. The third kappa shape index (κ3) is 1.99. The Morgan fingerprint density at radius 3 is 2.39 bits per heavy atom. The molecule has 4 saturated carbocycles. The summed E-state index contributed by atoms with van der Waals surface area (Å²) in [6, 6.07) is 0. The summed E-state index contributed by atoms with van der Waals surface area (Å²) in [6.45, 7) is 1.66. The molecule has 4 fully saturated rings. The van der Waals surface area contributed by atoms with Crippen LogP contribution in [0.15, 0.2) is 11.6 Å². The molecule has 0 aromatic rings. The van der Waals surface area contributed by atoms with E-state index in [4.69, 9.17) is 5.11 Å². The normalized spacial score (nSPS) is 46.4. The lowest BCUT2D eigenvalue weighted by atomic mass is 9.47. The van der Waals surface area contributed by atoms with Gasteiger partial charge in [0, 0.05) is 5.57 Å². The van der Waals surface area contributed by atoms with Crippen molar-refractivity contribution >= 4 is 5.97 Å². The van der Waals surface area contributed by atoms with E-state index in [2.05, 4.69) is 0 Å². The molecule has 4 aliphatic rings. The van der Waals surface area contributed by atoms with Gasteiger partial charge in [0.05, 0.1) is 5.60 Å². The van der Waals surface area contributed by atoms with Gasteiger partial charge < -0.3 is 10.2 Å². The lowest BCUT2D eigenvalue weighted by Gasteiger charge is -2.60. The van der Waals surface area contributed by atoms with E-state index in [-0.39, 0.29) is 5.41 Å². The van der Waals surface area contributed by atoms with Crippen LogP contribution in [0.5, 0.6) is 0 Å². The molecule has 2 atom stereocenters. The van der Waals surface area contributed by atoms with Crippen LogP contribution in [0.2, 0.25) is 0 Å². The molecule has 0 radical (unpaired) electrons. The Hall–Kier alpha value is -0.830. The summed E-state index contributed by atoms with van der Waals surface area (Å²) in [5, 5.41) is 19.5. The standard InChI is InChI=1S/C15H22O3/c1-10(13(16)17)2-3-14-5-11-4-12(6-14)8-15(18,7-11)9-14/h2,11-12,18H,3-9H2,1H3,(H,16,17). The zero-order valence-electron chi connectivity index (χ0n) is 11.0. The first-order valence-electron chi connectivity index (χ1n) is 7.02. The molecule has 4 rings (SSSR count). The van der Waals surface area contributed by atoms with Gasteiger partial charge in [-0.3, -0.25) is 0 Å². The van der Waals surface area contributed by atoms with Gasteiger partial charge in [0.1, 0.15) is 0 Å². The molecule has 0 aromatic carbocycles. The average molecular weight is 250 g/mol. The van der Waals surface area contributed by atoms with Crippen LogP contribution >= 0.6 is 0 Å². The third-order valence-electron chi connectivity index (χ3n) is 5.33. The summed E-state index contributed by atoms with van der Waals surface area (Å²) in [7, 11) is 0. The van der Waals surface area contributed by atoms with Crippen molar-refractivity contribution in [3.8, 4) is 0 Å². The van der Waals surface area contributed by atoms with E-state index in [1.807, 2.05) is 6.08 Å². The van der Waals surface area contributed by atoms with Gasteiger partial charge in [-0.25, -0.2) is 4.79 Å². The molecule has 100 valence electrons. The number of rotatable bonds is 3. The molecule has 2 N–H and O–H groups in total. The number of carboxylic acid groups (broad SMARTS) is 1. The second-order valence-corrected chi connectivity index (χ2v) is 7.08. The number of hydrogen-bond acceptors (Lipinski definition) is 2. The highest BCUT2D eigenvalue weighted by Crippen LogP contribution is 2.62. The van der Waals surface area contributed by atoms with E-state index in [1.54, 1.807) is 6.92 Å². The Morgan fingerprint density at radius 2 is 1.89 bits per heavy atom. The summed E-state index contributed by atoms with van der Waals surface area (Å²) < 4.78 is 0. The minimum absolute atomic E-state index is 0.190. The molecule has 4 aliphatic carbocycles. The molecular formula is C15H22O3. The maximum Gasteiger partial charge on any atom is 0.330 e. The highest BCUT2D eigenvalue weighted by Gasteiger charge is 2.56. The third-order valence-corrected chi connectivity index (χ3v) is 5.33. The van der Waals surface area contributed by atoms with Crippen molar-refractivity contribution in [2.75, 3.05) is 0 Å². The highest BCUT2D eigenvalue weighted by atomic mass is 16.4. The maximum absolute atomic E-state index is 10.9. The van der Waals surface area contributed by atoms with E-state index in [1.165, 1.54) is 19.3 Å². The SMILES string of the molecule is CC(=CCC12CC3CC(CC(O)(C3)C1)C2)C(=O)O. The van der Waals surface area contributed by atoms with Gasteiger partial charge in [0.15, 0.2) is 0 Å². The summed E-state index contributed by atoms with van der Waals surface area (Å²) >= 11 is 0. The first-order chi connectivity index (χ1) is 8.40. The molecule has 0 amide bonds. The lowest BCUT2D eigenvalue weighted by Crippen LogP contribution is -2.55. The van der Waals surface area contributed by atoms with Crippen LogP contribution in [0.25, 0.3) is 0 Å². The fraction of sp³-hybridized carbons (Fsp3) is 0.800. The monoisotopic (exact) mass is 250 g/mol. The molecule has 3 nitrogen and oxygen atoms in total. The van der Waals surface area contributed by atoms with Gasteiger partial charge in [0.25, 0.3) is 0 Å². The Labute approximate surface area is 108 Å².